The highest BCUT2D eigenvalue weighted by Gasteiger charge is 2.19. The lowest BCUT2D eigenvalue weighted by Gasteiger charge is -2.16. The average Bonchev–Trinajstić information content (AvgIpc) is 2.53. The molecule has 0 aliphatic carbocycles. The van der Waals surface area contributed by atoms with E-state index in [9.17, 15) is 4.79 Å². The molecule has 0 aliphatic heterocycles. The van der Waals surface area contributed by atoms with E-state index >= 15 is 0 Å². The minimum atomic E-state index is -1.02. The van der Waals surface area contributed by atoms with Gasteiger partial charge < -0.3 is 10.0 Å². The lowest BCUT2D eigenvalue weighted by Crippen LogP contribution is -2.19. The molecule has 1 N–H and O–H groups in total. The number of hydrogen-bond donors (Lipinski definition) is 1. The molecule has 0 saturated heterocycles. The number of carbonyl (C=O) groups is 1. The first-order chi connectivity index (χ1) is 7.93. The number of aromatic carboxylic acids is 1. The standard InChI is InChI=1S/C10H11BrN4O2/c1-5-7(11)8-12-4-6(10(16)17)9(14(2)3)15(8)13-5/h4H,1-3H3,(H,16,17). The number of anilines is 1. The number of hydrogen-bond acceptors (Lipinski definition) is 4. The monoisotopic (exact) mass is 298 g/mol. The molecule has 2 heterocycles. The first kappa shape index (κ1) is 11.8. The molecule has 0 aliphatic rings. The Morgan fingerprint density at radius 1 is 1.53 bits per heavy atom. The van der Waals surface area contributed by atoms with Crippen LogP contribution in [0.3, 0.4) is 0 Å². The number of fused-ring (bicyclic) bond motifs is 1. The number of halogens is 1. The van der Waals surface area contributed by atoms with Crippen LogP contribution in [-0.4, -0.2) is 39.8 Å². The third-order valence-electron chi connectivity index (χ3n) is 2.38. The van der Waals surface area contributed by atoms with Crippen molar-refractivity contribution in [1.82, 2.24) is 14.6 Å². The van der Waals surface area contributed by atoms with Crippen LogP contribution in [0.5, 0.6) is 0 Å². The van der Waals surface area contributed by atoms with Crippen molar-refractivity contribution in [3.63, 3.8) is 0 Å². The normalized spacial score (nSPS) is 10.8. The summed E-state index contributed by atoms with van der Waals surface area (Å²) < 4.78 is 2.31. The molecule has 0 radical (unpaired) electrons. The zero-order valence-corrected chi connectivity index (χ0v) is 11.2. The van der Waals surface area contributed by atoms with Gasteiger partial charge in [-0.3, -0.25) is 0 Å². The predicted molar refractivity (Wildman–Crippen MR) is 66.7 cm³/mol. The van der Waals surface area contributed by atoms with Gasteiger partial charge in [0.05, 0.1) is 10.2 Å². The van der Waals surface area contributed by atoms with Gasteiger partial charge in [0.2, 0.25) is 0 Å². The van der Waals surface area contributed by atoms with Crippen LogP contribution >= 0.6 is 15.9 Å². The number of nitrogens with zero attached hydrogens (tertiary/aromatic N) is 4. The third kappa shape index (κ3) is 1.76. The first-order valence-corrected chi connectivity index (χ1v) is 5.67. The molecule has 0 amide bonds. The van der Waals surface area contributed by atoms with Crippen molar-refractivity contribution in [2.24, 2.45) is 0 Å². The summed E-state index contributed by atoms with van der Waals surface area (Å²) in [5.74, 6) is -0.524. The van der Waals surface area contributed by atoms with Gasteiger partial charge in [0.15, 0.2) is 5.65 Å². The lowest BCUT2D eigenvalue weighted by atomic mass is 10.3. The fourth-order valence-electron chi connectivity index (χ4n) is 1.63. The van der Waals surface area contributed by atoms with E-state index < -0.39 is 5.97 Å². The molecule has 7 heteroatoms. The van der Waals surface area contributed by atoms with Crippen molar-refractivity contribution < 1.29 is 9.90 Å². The molecular formula is C10H11BrN4O2. The Morgan fingerprint density at radius 3 is 2.71 bits per heavy atom. The van der Waals surface area contributed by atoms with Crippen LogP contribution in [0.1, 0.15) is 16.1 Å². The van der Waals surface area contributed by atoms with Crippen molar-refractivity contribution in [2.75, 3.05) is 19.0 Å². The summed E-state index contributed by atoms with van der Waals surface area (Å²) in [6, 6.07) is 0. The second kappa shape index (κ2) is 3.99. The summed E-state index contributed by atoms with van der Waals surface area (Å²) in [6.07, 6.45) is 1.35. The fraction of sp³-hybridized carbons (Fsp3) is 0.300. The number of aryl methyl sites for hydroxylation is 1. The van der Waals surface area contributed by atoms with Gasteiger partial charge in [0, 0.05) is 20.3 Å². The molecule has 0 atom stereocenters. The average molecular weight is 299 g/mol. The third-order valence-corrected chi connectivity index (χ3v) is 3.30. The summed E-state index contributed by atoms with van der Waals surface area (Å²) in [5.41, 5.74) is 1.50. The molecule has 2 rings (SSSR count). The minimum absolute atomic E-state index is 0.123. The zero-order chi connectivity index (χ0) is 12.7. The molecule has 90 valence electrons. The van der Waals surface area contributed by atoms with Gasteiger partial charge in [-0.15, -0.1) is 0 Å². The minimum Gasteiger partial charge on any atom is -0.477 e. The highest BCUT2D eigenvalue weighted by atomic mass is 79.9. The van der Waals surface area contributed by atoms with Crippen LogP contribution in [0.25, 0.3) is 5.65 Å². The summed E-state index contributed by atoms with van der Waals surface area (Å²) in [6.45, 7) is 1.83. The summed E-state index contributed by atoms with van der Waals surface area (Å²) >= 11 is 3.38. The Bertz CT molecular complexity index is 606. The molecule has 17 heavy (non-hydrogen) atoms. The number of carboxylic acid groups (broad SMARTS) is 1. The lowest BCUT2D eigenvalue weighted by molar-refractivity contribution is 0.0696. The highest BCUT2D eigenvalue weighted by molar-refractivity contribution is 9.10. The molecule has 0 aromatic carbocycles. The number of carboxylic acids is 1. The van der Waals surface area contributed by atoms with E-state index in [1.807, 2.05) is 6.92 Å². The van der Waals surface area contributed by atoms with E-state index in [-0.39, 0.29) is 5.56 Å². The maximum atomic E-state index is 11.1. The zero-order valence-electron chi connectivity index (χ0n) is 9.60. The molecule has 2 aromatic heterocycles. The molecule has 0 spiro atoms. The Balaban J connectivity index is 2.89. The molecular weight excluding hydrogens is 288 g/mol. The van der Waals surface area contributed by atoms with Crippen LogP contribution in [0.2, 0.25) is 0 Å². The van der Waals surface area contributed by atoms with Crippen molar-refractivity contribution in [3.05, 3.63) is 21.9 Å². The Morgan fingerprint density at radius 2 is 2.18 bits per heavy atom. The second-order valence-electron chi connectivity index (χ2n) is 3.83. The van der Waals surface area contributed by atoms with Gasteiger partial charge in [-0.1, -0.05) is 0 Å². The molecule has 0 fully saturated rings. The number of aromatic nitrogens is 3. The van der Waals surface area contributed by atoms with Crippen molar-refractivity contribution in [3.8, 4) is 0 Å². The van der Waals surface area contributed by atoms with Gasteiger partial charge in [-0.2, -0.15) is 9.61 Å². The Kier molecular flexibility index (Phi) is 2.78. The van der Waals surface area contributed by atoms with Crippen molar-refractivity contribution in [2.45, 2.75) is 6.92 Å². The largest absolute Gasteiger partial charge is 0.477 e. The predicted octanol–water partition coefficient (Wildman–Crippen LogP) is 1.56. The summed E-state index contributed by atoms with van der Waals surface area (Å²) in [5, 5.41) is 13.4. The van der Waals surface area contributed by atoms with E-state index in [0.717, 1.165) is 10.2 Å². The van der Waals surface area contributed by atoms with E-state index in [4.69, 9.17) is 5.11 Å². The van der Waals surface area contributed by atoms with E-state index in [1.54, 1.807) is 19.0 Å². The van der Waals surface area contributed by atoms with Gasteiger partial charge in [0.25, 0.3) is 0 Å². The van der Waals surface area contributed by atoms with Crippen molar-refractivity contribution in [1.29, 1.82) is 0 Å². The second-order valence-corrected chi connectivity index (χ2v) is 4.62. The molecule has 0 unspecified atom stereocenters. The molecule has 6 nitrogen and oxygen atoms in total. The van der Waals surface area contributed by atoms with Crippen LogP contribution in [0.15, 0.2) is 10.7 Å². The van der Waals surface area contributed by atoms with Crippen LogP contribution in [0.4, 0.5) is 5.82 Å². The SMILES string of the molecule is Cc1nn2c(N(C)C)c(C(=O)O)cnc2c1Br. The van der Waals surface area contributed by atoms with E-state index in [0.29, 0.717) is 11.5 Å². The molecule has 2 aromatic rings. The number of rotatable bonds is 2. The van der Waals surface area contributed by atoms with Gasteiger partial charge >= 0.3 is 5.97 Å². The highest BCUT2D eigenvalue weighted by Crippen LogP contribution is 2.26. The van der Waals surface area contributed by atoms with E-state index in [2.05, 4.69) is 26.0 Å². The first-order valence-electron chi connectivity index (χ1n) is 4.88. The van der Waals surface area contributed by atoms with Gasteiger partial charge in [-0.05, 0) is 22.9 Å². The van der Waals surface area contributed by atoms with Gasteiger partial charge in [-0.25, -0.2) is 9.78 Å². The quantitative estimate of drug-likeness (QED) is 0.911. The fourth-order valence-corrected chi connectivity index (χ4v) is 1.98. The van der Waals surface area contributed by atoms with E-state index in [1.165, 1.54) is 10.7 Å². The summed E-state index contributed by atoms with van der Waals surface area (Å²) in [4.78, 5) is 17.0. The summed E-state index contributed by atoms with van der Waals surface area (Å²) in [7, 11) is 3.54. The van der Waals surface area contributed by atoms with Gasteiger partial charge in [0.1, 0.15) is 11.4 Å². The topological polar surface area (TPSA) is 70.7 Å². The smallest absolute Gasteiger partial charge is 0.341 e. The van der Waals surface area contributed by atoms with Crippen LogP contribution in [-0.2, 0) is 0 Å². The Hall–Kier alpha value is -1.63. The Labute approximate surface area is 106 Å². The maximum Gasteiger partial charge on any atom is 0.341 e. The van der Waals surface area contributed by atoms with Crippen LogP contribution < -0.4 is 4.90 Å². The molecule has 0 bridgehead atoms. The maximum absolute atomic E-state index is 11.1. The van der Waals surface area contributed by atoms with Crippen LogP contribution in [0, 0.1) is 6.92 Å². The van der Waals surface area contributed by atoms with Crippen molar-refractivity contribution >= 4 is 33.4 Å². The molecule has 0 saturated carbocycles.